The summed E-state index contributed by atoms with van der Waals surface area (Å²) < 4.78 is 5.80. The van der Waals surface area contributed by atoms with Crippen molar-refractivity contribution in [2.75, 3.05) is 5.32 Å². The molecule has 0 aliphatic carbocycles. The lowest BCUT2D eigenvalue weighted by Gasteiger charge is -2.05. The summed E-state index contributed by atoms with van der Waals surface area (Å²) in [4.78, 5) is 17.0. The Morgan fingerprint density at radius 3 is 2.48 bits per heavy atom. The second-order valence-electron chi connectivity index (χ2n) is 6.21. The van der Waals surface area contributed by atoms with Gasteiger partial charge in [0.25, 0.3) is 5.91 Å². The molecule has 1 heterocycles. The van der Waals surface area contributed by atoms with Gasteiger partial charge in [0.15, 0.2) is 5.58 Å². The van der Waals surface area contributed by atoms with Crippen LogP contribution in [0.5, 0.6) is 0 Å². The standard InChI is InChI=1S/C22H17ClN2O2/c1-2-14-3-5-15(6-4-14)21(26)24-18-11-12-20-19(13-18)25-22(27-20)16-7-9-17(23)10-8-16/h3-13H,2H2,1H3,(H,24,26). The van der Waals surface area contributed by atoms with E-state index in [-0.39, 0.29) is 5.91 Å². The zero-order valence-electron chi connectivity index (χ0n) is 14.7. The molecule has 0 aliphatic rings. The molecule has 0 radical (unpaired) electrons. The van der Waals surface area contributed by atoms with Crippen LogP contribution in [0.15, 0.2) is 71.1 Å². The van der Waals surface area contributed by atoms with Crippen molar-refractivity contribution in [3.63, 3.8) is 0 Å². The molecule has 0 bridgehead atoms. The van der Waals surface area contributed by atoms with Crippen molar-refractivity contribution >= 4 is 34.3 Å². The van der Waals surface area contributed by atoms with Crippen LogP contribution in [0.25, 0.3) is 22.6 Å². The average molecular weight is 377 g/mol. The minimum Gasteiger partial charge on any atom is -0.436 e. The highest BCUT2D eigenvalue weighted by Crippen LogP contribution is 2.27. The smallest absolute Gasteiger partial charge is 0.255 e. The molecule has 0 spiro atoms. The maximum atomic E-state index is 12.4. The Labute approximate surface area is 161 Å². The molecule has 4 nitrogen and oxygen atoms in total. The number of amides is 1. The summed E-state index contributed by atoms with van der Waals surface area (Å²) in [6.45, 7) is 2.08. The predicted octanol–water partition coefficient (Wildman–Crippen LogP) is 5.96. The van der Waals surface area contributed by atoms with Crippen molar-refractivity contribution in [1.82, 2.24) is 4.98 Å². The molecule has 27 heavy (non-hydrogen) atoms. The number of fused-ring (bicyclic) bond motifs is 1. The van der Waals surface area contributed by atoms with Crippen molar-refractivity contribution in [3.05, 3.63) is 82.9 Å². The fourth-order valence-electron chi connectivity index (χ4n) is 2.82. The summed E-state index contributed by atoms with van der Waals surface area (Å²) in [5.41, 5.74) is 4.67. The minimum absolute atomic E-state index is 0.154. The van der Waals surface area contributed by atoms with E-state index in [0.717, 1.165) is 12.0 Å². The molecule has 0 unspecified atom stereocenters. The normalized spacial score (nSPS) is 10.9. The van der Waals surface area contributed by atoms with E-state index in [9.17, 15) is 4.79 Å². The van der Waals surface area contributed by atoms with Gasteiger partial charge in [0.2, 0.25) is 5.89 Å². The number of anilines is 1. The largest absolute Gasteiger partial charge is 0.436 e. The van der Waals surface area contributed by atoms with Crippen molar-refractivity contribution in [2.24, 2.45) is 0 Å². The Morgan fingerprint density at radius 1 is 1.04 bits per heavy atom. The van der Waals surface area contributed by atoms with Gasteiger partial charge in [-0.05, 0) is 66.6 Å². The molecular formula is C22H17ClN2O2. The predicted molar refractivity (Wildman–Crippen MR) is 108 cm³/mol. The molecular weight excluding hydrogens is 360 g/mol. The maximum absolute atomic E-state index is 12.4. The third-order valence-corrected chi connectivity index (χ3v) is 4.61. The van der Waals surface area contributed by atoms with Gasteiger partial charge in [-0.2, -0.15) is 0 Å². The van der Waals surface area contributed by atoms with Crippen LogP contribution in [0.4, 0.5) is 5.69 Å². The van der Waals surface area contributed by atoms with Crippen molar-refractivity contribution in [1.29, 1.82) is 0 Å². The van der Waals surface area contributed by atoms with E-state index < -0.39 is 0 Å². The van der Waals surface area contributed by atoms with E-state index in [4.69, 9.17) is 16.0 Å². The summed E-state index contributed by atoms with van der Waals surface area (Å²) in [5, 5.41) is 3.57. The van der Waals surface area contributed by atoms with E-state index in [1.807, 2.05) is 36.4 Å². The van der Waals surface area contributed by atoms with E-state index in [2.05, 4.69) is 17.2 Å². The monoisotopic (exact) mass is 376 g/mol. The van der Waals surface area contributed by atoms with E-state index in [0.29, 0.717) is 33.3 Å². The first-order valence-electron chi connectivity index (χ1n) is 8.69. The van der Waals surface area contributed by atoms with Crippen molar-refractivity contribution in [3.8, 4) is 11.5 Å². The van der Waals surface area contributed by atoms with Gasteiger partial charge in [-0.3, -0.25) is 4.79 Å². The lowest BCUT2D eigenvalue weighted by atomic mass is 10.1. The number of hydrogen-bond acceptors (Lipinski definition) is 3. The molecule has 4 aromatic rings. The number of rotatable bonds is 4. The molecule has 5 heteroatoms. The highest BCUT2D eigenvalue weighted by atomic mass is 35.5. The number of hydrogen-bond donors (Lipinski definition) is 1. The van der Waals surface area contributed by atoms with E-state index in [1.54, 1.807) is 30.3 Å². The van der Waals surface area contributed by atoms with Gasteiger partial charge in [-0.15, -0.1) is 0 Å². The number of aromatic nitrogens is 1. The zero-order valence-corrected chi connectivity index (χ0v) is 15.5. The van der Waals surface area contributed by atoms with Gasteiger partial charge in [-0.1, -0.05) is 30.7 Å². The van der Waals surface area contributed by atoms with Gasteiger partial charge in [-0.25, -0.2) is 4.98 Å². The molecule has 4 rings (SSSR count). The SMILES string of the molecule is CCc1ccc(C(=O)Nc2ccc3oc(-c4ccc(Cl)cc4)nc3c2)cc1. The highest BCUT2D eigenvalue weighted by molar-refractivity contribution is 6.30. The number of carbonyl (C=O) groups excluding carboxylic acids is 1. The highest BCUT2D eigenvalue weighted by Gasteiger charge is 2.11. The lowest BCUT2D eigenvalue weighted by molar-refractivity contribution is 0.102. The lowest BCUT2D eigenvalue weighted by Crippen LogP contribution is -2.11. The summed E-state index contributed by atoms with van der Waals surface area (Å²) in [6, 6.07) is 20.3. The summed E-state index contributed by atoms with van der Waals surface area (Å²) in [6.07, 6.45) is 0.945. The first-order chi connectivity index (χ1) is 13.1. The topological polar surface area (TPSA) is 55.1 Å². The minimum atomic E-state index is -0.154. The first kappa shape index (κ1) is 17.3. The second kappa shape index (κ2) is 7.25. The van der Waals surface area contributed by atoms with Crippen LogP contribution in [0.2, 0.25) is 5.02 Å². The number of carbonyl (C=O) groups is 1. The number of halogens is 1. The third-order valence-electron chi connectivity index (χ3n) is 4.36. The summed E-state index contributed by atoms with van der Waals surface area (Å²) in [5.74, 6) is 0.360. The van der Waals surface area contributed by atoms with Crippen LogP contribution < -0.4 is 5.32 Å². The zero-order chi connectivity index (χ0) is 18.8. The molecule has 0 saturated heterocycles. The van der Waals surface area contributed by atoms with Crippen LogP contribution >= 0.6 is 11.6 Å². The molecule has 3 aromatic carbocycles. The van der Waals surface area contributed by atoms with Crippen molar-refractivity contribution in [2.45, 2.75) is 13.3 Å². The number of aryl methyl sites for hydroxylation is 1. The van der Waals surface area contributed by atoms with Crippen LogP contribution in [-0.2, 0) is 6.42 Å². The molecule has 134 valence electrons. The van der Waals surface area contributed by atoms with E-state index >= 15 is 0 Å². The number of nitrogens with one attached hydrogen (secondary N) is 1. The maximum Gasteiger partial charge on any atom is 0.255 e. The number of benzene rings is 3. The van der Waals surface area contributed by atoms with Gasteiger partial charge in [0.1, 0.15) is 5.52 Å². The molecule has 1 N–H and O–H groups in total. The quantitative estimate of drug-likeness (QED) is 0.478. The van der Waals surface area contributed by atoms with Crippen LogP contribution in [0, 0.1) is 0 Å². The fraction of sp³-hybridized carbons (Fsp3) is 0.0909. The van der Waals surface area contributed by atoms with Gasteiger partial charge in [0.05, 0.1) is 0 Å². The Hall–Kier alpha value is -3.11. The molecule has 0 atom stereocenters. The van der Waals surface area contributed by atoms with Gasteiger partial charge >= 0.3 is 0 Å². The van der Waals surface area contributed by atoms with E-state index in [1.165, 1.54) is 5.56 Å². The molecule has 1 amide bonds. The first-order valence-corrected chi connectivity index (χ1v) is 9.07. The van der Waals surface area contributed by atoms with Gasteiger partial charge < -0.3 is 9.73 Å². The van der Waals surface area contributed by atoms with Crippen LogP contribution in [0.3, 0.4) is 0 Å². The fourth-order valence-corrected chi connectivity index (χ4v) is 2.94. The molecule has 0 saturated carbocycles. The Bertz CT molecular complexity index is 1100. The van der Waals surface area contributed by atoms with Crippen LogP contribution in [-0.4, -0.2) is 10.9 Å². The average Bonchev–Trinajstić information content (AvgIpc) is 3.12. The number of nitrogens with zero attached hydrogens (tertiary/aromatic N) is 1. The molecule has 1 aromatic heterocycles. The van der Waals surface area contributed by atoms with Crippen molar-refractivity contribution < 1.29 is 9.21 Å². The Morgan fingerprint density at radius 2 is 1.78 bits per heavy atom. The number of oxazole rings is 1. The Kier molecular flexibility index (Phi) is 4.65. The summed E-state index contributed by atoms with van der Waals surface area (Å²) in [7, 11) is 0. The third kappa shape index (κ3) is 3.71. The van der Waals surface area contributed by atoms with Gasteiger partial charge in [0, 0.05) is 21.8 Å². The Balaban J connectivity index is 1.57. The van der Waals surface area contributed by atoms with Crippen LogP contribution in [0.1, 0.15) is 22.8 Å². The molecule has 0 fully saturated rings. The second-order valence-corrected chi connectivity index (χ2v) is 6.65. The molecule has 0 aliphatic heterocycles. The summed E-state index contributed by atoms with van der Waals surface area (Å²) >= 11 is 5.92.